The number of carboxylic acids is 1. The van der Waals surface area contributed by atoms with Gasteiger partial charge in [-0.3, -0.25) is 19.2 Å². The van der Waals surface area contributed by atoms with Gasteiger partial charge in [0.25, 0.3) is 0 Å². The summed E-state index contributed by atoms with van der Waals surface area (Å²) >= 11 is 0. The topological polar surface area (TPSA) is 113 Å². The molecule has 3 N–H and O–H groups in total. The molecule has 0 unspecified atom stereocenters. The van der Waals surface area contributed by atoms with Gasteiger partial charge in [-0.05, 0) is 38.1 Å². The molecular formula is C16H18N2O5. The minimum Gasteiger partial charge on any atom is -0.481 e. The predicted molar refractivity (Wildman–Crippen MR) is 84.1 cm³/mol. The highest BCUT2D eigenvalue weighted by molar-refractivity contribution is 6.06. The normalized spacial score (nSPS) is 10.8. The second-order valence-corrected chi connectivity index (χ2v) is 4.85. The van der Waals surface area contributed by atoms with Gasteiger partial charge in [-0.15, -0.1) is 0 Å². The molecule has 0 aromatic heterocycles. The second-order valence-electron chi connectivity index (χ2n) is 4.85. The largest absolute Gasteiger partial charge is 0.481 e. The van der Waals surface area contributed by atoms with E-state index in [1.165, 1.54) is 13.8 Å². The lowest BCUT2D eigenvalue weighted by Crippen LogP contribution is -2.27. The molecule has 122 valence electrons. The van der Waals surface area contributed by atoms with E-state index >= 15 is 0 Å². The number of carboxylic acid groups (broad SMARTS) is 1. The standard InChI is InChI=1S/C16H18N2O5/c1-10(16(23)17-8-7-15(21)22)9-14(20)18-13-5-3-12(4-6-13)11(2)19/h3-6,9H,7-8H2,1-2H3,(H,17,23)(H,18,20)(H,21,22)/b10-9-. The Balaban J connectivity index is 2.57. The van der Waals surface area contributed by atoms with Crippen molar-refractivity contribution in [2.24, 2.45) is 0 Å². The fourth-order valence-electron chi connectivity index (χ4n) is 1.65. The van der Waals surface area contributed by atoms with Crippen LogP contribution in [0.4, 0.5) is 5.69 Å². The second kappa shape index (κ2) is 8.47. The Labute approximate surface area is 133 Å². The van der Waals surface area contributed by atoms with Gasteiger partial charge in [-0.25, -0.2) is 0 Å². The van der Waals surface area contributed by atoms with E-state index in [0.717, 1.165) is 6.08 Å². The molecule has 0 fully saturated rings. The molecular weight excluding hydrogens is 300 g/mol. The molecule has 0 atom stereocenters. The molecule has 0 saturated heterocycles. The number of hydrogen-bond acceptors (Lipinski definition) is 4. The van der Waals surface area contributed by atoms with Crippen LogP contribution in [0.15, 0.2) is 35.9 Å². The summed E-state index contributed by atoms with van der Waals surface area (Å²) in [6.07, 6.45) is 0.933. The van der Waals surface area contributed by atoms with Gasteiger partial charge in [0.1, 0.15) is 0 Å². The van der Waals surface area contributed by atoms with Crippen LogP contribution in [0, 0.1) is 0 Å². The van der Waals surface area contributed by atoms with Crippen LogP contribution in [0.25, 0.3) is 0 Å². The highest BCUT2D eigenvalue weighted by Crippen LogP contribution is 2.10. The minimum absolute atomic E-state index is 0.00647. The maximum atomic E-state index is 11.8. The van der Waals surface area contributed by atoms with Gasteiger partial charge in [-0.2, -0.15) is 0 Å². The van der Waals surface area contributed by atoms with E-state index < -0.39 is 17.8 Å². The van der Waals surface area contributed by atoms with Gasteiger partial charge in [0.15, 0.2) is 5.78 Å². The van der Waals surface area contributed by atoms with Gasteiger partial charge in [-0.1, -0.05) is 0 Å². The minimum atomic E-state index is -1.02. The average molecular weight is 318 g/mol. The first-order valence-electron chi connectivity index (χ1n) is 6.90. The van der Waals surface area contributed by atoms with Crippen LogP contribution < -0.4 is 10.6 Å². The Morgan fingerprint density at radius 3 is 2.22 bits per heavy atom. The third kappa shape index (κ3) is 6.56. The predicted octanol–water partition coefficient (Wildman–Crippen LogP) is 1.36. The van der Waals surface area contributed by atoms with Crippen molar-refractivity contribution in [1.29, 1.82) is 0 Å². The summed E-state index contributed by atoms with van der Waals surface area (Å²) in [5, 5.41) is 13.4. The van der Waals surface area contributed by atoms with Gasteiger partial charge in [0, 0.05) is 29.4 Å². The summed E-state index contributed by atoms with van der Waals surface area (Å²) in [4.78, 5) is 44.9. The van der Waals surface area contributed by atoms with Crippen molar-refractivity contribution >= 4 is 29.3 Å². The first-order chi connectivity index (χ1) is 10.8. The zero-order valence-corrected chi connectivity index (χ0v) is 12.9. The van der Waals surface area contributed by atoms with Crippen LogP contribution in [-0.2, 0) is 14.4 Å². The quantitative estimate of drug-likeness (QED) is 0.519. The van der Waals surface area contributed by atoms with Crippen molar-refractivity contribution in [2.45, 2.75) is 20.3 Å². The molecule has 1 aromatic rings. The zero-order chi connectivity index (χ0) is 17.4. The first-order valence-corrected chi connectivity index (χ1v) is 6.90. The molecule has 0 bridgehead atoms. The molecule has 0 spiro atoms. The lowest BCUT2D eigenvalue weighted by molar-refractivity contribution is -0.136. The fraction of sp³-hybridized carbons (Fsp3) is 0.250. The molecule has 0 radical (unpaired) electrons. The van der Waals surface area contributed by atoms with Crippen LogP contribution in [0.1, 0.15) is 30.6 Å². The first kappa shape index (κ1) is 18.1. The summed E-state index contributed by atoms with van der Waals surface area (Å²) in [6, 6.07) is 6.36. The summed E-state index contributed by atoms with van der Waals surface area (Å²) in [6.45, 7) is 2.89. The number of nitrogens with one attached hydrogen (secondary N) is 2. The fourth-order valence-corrected chi connectivity index (χ4v) is 1.65. The van der Waals surface area contributed by atoms with Gasteiger partial charge >= 0.3 is 5.97 Å². The van der Waals surface area contributed by atoms with Crippen molar-refractivity contribution in [2.75, 3.05) is 11.9 Å². The number of hydrogen-bond donors (Lipinski definition) is 3. The van der Waals surface area contributed by atoms with E-state index in [9.17, 15) is 19.2 Å². The van der Waals surface area contributed by atoms with Gasteiger partial charge < -0.3 is 15.7 Å². The molecule has 0 aliphatic carbocycles. The maximum Gasteiger partial charge on any atom is 0.305 e. The average Bonchev–Trinajstić information content (AvgIpc) is 2.47. The van der Waals surface area contributed by atoms with Crippen LogP contribution in [-0.4, -0.2) is 35.2 Å². The Morgan fingerprint density at radius 2 is 1.70 bits per heavy atom. The van der Waals surface area contributed by atoms with Crippen molar-refractivity contribution in [3.63, 3.8) is 0 Å². The molecule has 0 heterocycles. The van der Waals surface area contributed by atoms with E-state index in [1.54, 1.807) is 24.3 Å². The van der Waals surface area contributed by atoms with Crippen molar-refractivity contribution in [1.82, 2.24) is 5.32 Å². The molecule has 7 heteroatoms. The Hall–Kier alpha value is -2.96. The summed E-state index contributed by atoms with van der Waals surface area (Å²) in [5.74, 6) is -2.09. The Kier molecular flexibility index (Phi) is 6.67. The van der Waals surface area contributed by atoms with E-state index in [0.29, 0.717) is 11.3 Å². The molecule has 0 aliphatic heterocycles. The third-order valence-electron chi connectivity index (χ3n) is 2.89. The molecule has 0 aliphatic rings. The smallest absolute Gasteiger partial charge is 0.305 e. The summed E-state index contributed by atoms with van der Waals surface area (Å²) < 4.78 is 0. The van der Waals surface area contributed by atoms with Crippen LogP contribution in [0.2, 0.25) is 0 Å². The van der Waals surface area contributed by atoms with E-state index in [1.807, 2.05) is 0 Å². The lowest BCUT2D eigenvalue weighted by Gasteiger charge is -2.05. The number of aliphatic carboxylic acids is 1. The molecule has 1 aromatic carbocycles. The van der Waals surface area contributed by atoms with E-state index in [2.05, 4.69) is 10.6 Å². The molecule has 2 amide bonds. The van der Waals surface area contributed by atoms with Crippen LogP contribution in [0.3, 0.4) is 0 Å². The number of amides is 2. The number of Topliss-reactive ketones (excluding diaryl/α,β-unsaturated/α-hetero) is 1. The maximum absolute atomic E-state index is 11.8. The number of carbonyl (C=O) groups excluding carboxylic acids is 3. The number of ketones is 1. The van der Waals surface area contributed by atoms with E-state index in [-0.39, 0.29) is 24.3 Å². The molecule has 0 saturated carbocycles. The van der Waals surface area contributed by atoms with Crippen LogP contribution in [0.5, 0.6) is 0 Å². The number of anilines is 1. The lowest BCUT2D eigenvalue weighted by atomic mass is 10.1. The number of carbonyl (C=O) groups is 4. The monoisotopic (exact) mass is 318 g/mol. The van der Waals surface area contributed by atoms with Gasteiger partial charge in [0.05, 0.1) is 6.42 Å². The Bertz CT molecular complexity index is 647. The van der Waals surface area contributed by atoms with E-state index in [4.69, 9.17) is 5.11 Å². The third-order valence-corrected chi connectivity index (χ3v) is 2.89. The number of rotatable bonds is 7. The van der Waals surface area contributed by atoms with Crippen molar-refractivity contribution in [3.8, 4) is 0 Å². The number of benzene rings is 1. The van der Waals surface area contributed by atoms with Gasteiger partial charge in [0.2, 0.25) is 11.8 Å². The van der Waals surface area contributed by atoms with Crippen LogP contribution >= 0.6 is 0 Å². The highest BCUT2D eigenvalue weighted by atomic mass is 16.4. The molecule has 7 nitrogen and oxygen atoms in total. The molecule has 23 heavy (non-hydrogen) atoms. The summed E-state index contributed by atoms with van der Waals surface area (Å²) in [7, 11) is 0. The Morgan fingerprint density at radius 1 is 1.09 bits per heavy atom. The van der Waals surface area contributed by atoms with Crippen molar-refractivity contribution in [3.05, 3.63) is 41.5 Å². The highest BCUT2D eigenvalue weighted by Gasteiger charge is 2.08. The summed E-state index contributed by atoms with van der Waals surface area (Å²) in [5.41, 5.74) is 1.19. The van der Waals surface area contributed by atoms with Crippen molar-refractivity contribution < 1.29 is 24.3 Å². The molecule has 1 rings (SSSR count). The zero-order valence-electron chi connectivity index (χ0n) is 12.9. The SMILES string of the molecule is CC(=O)c1ccc(NC(=O)/C=C(/C)C(=O)NCCC(=O)O)cc1.